The lowest BCUT2D eigenvalue weighted by Gasteiger charge is -2.29. The van der Waals surface area contributed by atoms with Crippen LogP contribution in [0, 0.1) is 12.8 Å². The number of carbonyl (C=O) groups excluding carboxylic acids is 2. The number of aliphatic carboxylic acids is 1. The number of rotatable bonds is 15. The van der Waals surface area contributed by atoms with Gasteiger partial charge in [-0.05, 0) is 102 Å². The van der Waals surface area contributed by atoms with Crippen molar-refractivity contribution in [3.05, 3.63) is 145 Å². The average molecular weight is 1020 g/mol. The van der Waals surface area contributed by atoms with Gasteiger partial charge in [0.05, 0.1) is 42.5 Å². The predicted octanol–water partition coefficient (Wildman–Crippen LogP) is 9.27. The second kappa shape index (κ2) is 19.8. The molecule has 1 aliphatic carbocycles. The van der Waals surface area contributed by atoms with Gasteiger partial charge in [0.25, 0.3) is 0 Å². The number of aliphatic imine (C=N–C) groups is 1. The Kier molecular flexibility index (Phi) is 13.8. The van der Waals surface area contributed by atoms with E-state index in [1.165, 1.54) is 36.9 Å². The van der Waals surface area contributed by atoms with Crippen molar-refractivity contribution < 1.29 is 37.4 Å². The first-order chi connectivity index (χ1) is 33.6. The molecular formula is C50H48Cl2N8O8S2. The summed E-state index contributed by atoms with van der Waals surface area (Å²) in [5, 5.41) is 28.4. The molecule has 0 radical (unpaired) electrons. The summed E-state index contributed by atoms with van der Waals surface area (Å²) in [7, 11) is 2.05. The van der Waals surface area contributed by atoms with Gasteiger partial charge in [0.15, 0.2) is 11.6 Å². The number of aromatic nitrogens is 6. The zero-order valence-electron chi connectivity index (χ0n) is 38.8. The summed E-state index contributed by atoms with van der Waals surface area (Å²) in [4.78, 5) is 45.2. The Morgan fingerprint density at radius 1 is 0.971 bits per heavy atom. The van der Waals surface area contributed by atoms with E-state index in [9.17, 15) is 27.9 Å². The maximum absolute atomic E-state index is 14.7. The molecule has 3 unspecified atom stereocenters. The second-order valence-corrected chi connectivity index (χ2v) is 21.5. The van der Waals surface area contributed by atoms with Gasteiger partial charge in [0.1, 0.15) is 34.2 Å². The lowest BCUT2D eigenvalue weighted by Crippen LogP contribution is -2.27. The molecular weight excluding hydrogens is 976 g/mol. The number of fused-ring (bicyclic) bond motifs is 4. The van der Waals surface area contributed by atoms with Crippen LogP contribution >= 0.6 is 34.5 Å². The van der Waals surface area contributed by atoms with E-state index in [4.69, 9.17) is 37.7 Å². The largest absolute Gasteiger partial charge is 0.494 e. The Morgan fingerprint density at radius 2 is 1.73 bits per heavy atom. The van der Waals surface area contributed by atoms with Crippen molar-refractivity contribution in [2.24, 2.45) is 18.0 Å². The number of hydrogen-bond donors (Lipinski definition) is 1. The van der Waals surface area contributed by atoms with E-state index in [0.29, 0.717) is 72.8 Å². The van der Waals surface area contributed by atoms with Gasteiger partial charge in [-0.25, -0.2) is 13.1 Å². The van der Waals surface area contributed by atoms with E-state index in [2.05, 4.69) is 20.5 Å². The van der Waals surface area contributed by atoms with Crippen LogP contribution in [0.15, 0.2) is 95.1 Å². The zero-order valence-corrected chi connectivity index (χ0v) is 41.9. The maximum atomic E-state index is 14.7. The Hall–Kier alpha value is -6.31. The van der Waals surface area contributed by atoms with Crippen molar-refractivity contribution in [2.45, 2.75) is 74.8 Å². The first-order valence-electron chi connectivity index (χ1n) is 22.5. The third-order valence-corrected chi connectivity index (χ3v) is 17.1. The maximum Gasteiger partial charge on any atom is 0.308 e. The summed E-state index contributed by atoms with van der Waals surface area (Å²) in [6, 6.07) is 22.1. The Morgan fingerprint density at radius 3 is 2.44 bits per heavy atom. The van der Waals surface area contributed by atoms with E-state index >= 15 is 0 Å². The van der Waals surface area contributed by atoms with E-state index in [1.54, 1.807) is 72.7 Å². The van der Waals surface area contributed by atoms with Crippen LogP contribution in [-0.4, -0.2) is 92.3 Å². The van der Waals surface area contributed by atoms with Crippen LogP contribution < -0.4 is 4.74 Å². The van der Waals surface area contributed by atoms with Crippen LogP contribution in [0.3, 0.4) is 0 Å². The monoisotopic (exact) mass is 1020 g/mol. The van der Waals surface area contributed by atoms with Crippen LogP contribution in [0.5, 0.6) is 5.75 Å². The summed E-state index contributed by atoms with van der Waals surface area (Å²) in [6.45, 7) is 1.84. The Balaban J connectivity index is 0.934. The summed E-state index contributed by atoms with van der Waals surface area (Å²) < 4.78 is 43.5. The van der Waals surface area contributed by atoms with Crippen LogP contribution in [0.4, 0.5) is 0 Å². The minimum atomic E-state index is -4.02. The SMILES string of the molecule is COC(=O)C[C@@H]1N=C(c2ccc(Cl)cc2)c2c(sc(C(=O)C3CCCC(c4ccc(S(=O)(=O)N(C)Cc5cc(C(CC(=O)O)c6cc(OC)c7c(c6)nnn7C)ccc5Cl)cc4)C3)c2C)-n2cnnc21. The van der Waals surface area contributed by atoms with Gasteiger partial charge in [0.2, 0.25) is 10.0 Å². The second-order valence-electron chi connectivity index (χ2n) is 17.6. The number of carbonyl (C=O) groups is 3. The number of ketones is 1. The average Bonchev–Trinajstić information content (AvgIpc) is 4.07. The summed E-state index contributed by atoms with van der Waals surface area (Å²) >= 11 is 14.3. The van der Waals surface area contributed by atoms with E-state index in [-0.39, 0.29) is 41.9 Å². The molecule has 0 saturated heterocycles. The Labute approximate surface area is 417 Å². The standard InChI is InChI=1S/C50H48Cl2N8O8S2/c1-27-44-45(29-9-14-35(51)15-10-29)54-40(24-43(63)68-5)49-56-53-26-60(49)50(44)69-48(27)47(64)32-8-6-7-30(19-32)28-11-16-36(17-12-28)70(65,66)58(2)25-34-20-31(13-18-38(34)52)37(23-42(61)62)33-21-39-46(41(22-33)67-4)59(3)57-55-39/h9-18,20-22,26,30,32,37,40H,6-8,19,23-25H2,1-5H3,(H,61,62)/t30?,32?,37?,40-/m0/s1. The highest BCUT2D eigenvalue weighted by Crippen LogP contribution is 2.44. The van der Waals surface area contributed by atoms with Gasteiger partial charge in [-0.1, -0.05) is 71.2 Å². The number of nitrogens with zero attached hydrogens (tertiary/aromatic N) is 8. The number of halogens is 2. The number of thiophene rings is 1. The normalized spacial score (nSPS) is 17.4. The highest BCUT2D eigenvalue weighted by atomic mass is 35.5. The third-order valence-electron chi connectivity index (χ3n) is 13.3. The summed E-state index contributed by atoms with van der Waals surface area (Å²) in [5.74, 6) is -1.40. The molecule has 0 spiro atoms. The number of benzene rings is 4. The molecule has 70 heavy (non-hydrogen) atoms. The lowest BCUT2D eigenvalue weighted by molar-refractivity contribution is -0.141. The van der Waals surface area contributed by atoms with Gasteiger partial charge >= 0.3 is 11.9 Å². The number of esters is 1. The first-order valence-corrected chi connectivity index (χ1v) is 25.5. The predicted molar refractivity (Wildman–Crippen MR) is 265 cm³/mol. The van der Waals surface area contributed by atoms with E-state index in [0.717, 1.165) is 40.1 Å². The van der Waals surface area contributed by atoms with Crippen LogP contribution in [0.1, 0.15) is 111 Å². The number of methoxy groups -OCH3 is 2. The number of carboxylic acid groups (broad SMARTS) is 1. The molecule has 1 saturated carbocycles. The number of hydrogen-bond acceptors (Lipinski definition) is 13. The van der Waals surface area contributed by atoms with Crippen molar-refractivity contribution >= 4 is 79.0 Å². The summed E-state index contributed by atoms with van der Waals surface area (Å²) in [5.41, 5.74) is 6.82. The third kappa shape index (κ3) is 9.37. The molecule has 4 aromatic carbocycles. The number of Topliss-reactive ketones (excluding diaryl/α,β-unsaturated/α-hetero) is 1. The fraction of sp³-hybridized carbons (Fsp3) is 0.320. The quantitative estimate of drug-likeness (QED) is 0.0755. The minimum Gasteiger partial charge on any atom is -0.494 e. The smallest absolute Gasteiger partial charge is 0.308 e. The lowest BCUT2D eigenvalue weighted by atomic mass is 9.76. The van der Waals surface area contributed by atoms with Gasteiger partial charge in [-0.3, -0.25) is 23.9 Å². The number of carboxylic acids is 1. The number of aryl methyl sites for hydroxylation is 1. The number of ether oxygens (including phenoxy) is 2. The van der Waals surface area contributed by atoms with Gasteiger partial charge in [0, 0.05) is 53.6 Å². The van der Waals surface area contributed by atoms with Gasteiger partial charge in [-0.2, -0.15) is 4.31 Å². The van der Waals surface area contributed by atoms with Crippen molar-refractivity contribution in [3.8, 4) is 10.8 Å². The first kappa shape index (κ1) is 48.7. The molecule has 7 aromatic rings. The van der Waals surface area contributed by atoms with Crippen molar-refractivity contribution in [2.75, 3.05) is 21.3 Å². The molecule has 20 heteroatoms. The molecule has 9 rings (SSSR count). The van der Waals surface area contributed by atoms with Crippen LogP contribution in [0.2, 0.25) is 10.0 Å². The molecule has 3 aromatic heterocycles. The van der Waals surface area contributed by atoms with Gasteiger partial charge < -0.3 is 14.6 Å². The summed E-state index contributed by atoms with van der Waals surface area (Å²) in [6.07, 6.45) is 4.21. The molecule has 1 N–H and O–H groups in total. The highest BCUT2D eigenvalue weighted by Gasteiger charge is 2.37. The van der Waals surface area contributed by atoms with Gasteiger partial charge in [-0.15, -0.1) is 26.6 Å². The molecule has 1 fully saturated rings. The van der Waals surface area contributed by atoms with E-state index < -0.39 is 33.9 Å². The molecule has 4 heterocycles. The Bertz CT molecular complexity index is 3320. The molecule has 362 valence electrons. The molecule has 0 bridgehead atoms. The van der Waals surface area contributed by atoms with Crippen molar-refractivity contribution in [3.63, 3.8) is 0 Å². The fourth-order valence-electron chi connectivity index (χ4n) is 9.69. The van der Waals surface area contributed by atoms with Crippen LogP contribution in [0.25, 0.3) is 16.0 Å². The molecule has 4 atom stereocenters. The number of sulfonamides is 1. The van der Waals surface area contributed by atoms with Crippen molar-refractivity contribution in [1.82, 2.24) is 34.1 Å². The van der Waals surface area contributed by atoms with E-state index in [1.807, 2.05) is 35.8 Å². The highest BCUT2D eigenvalue weighted by molar-refractivity contribution is 7.89. The minimum absolute atomic E-state index is 0.0138. The molecule has 16 nitrogen and oxygen atoms in total. The molecule has 2 aliphatic rings. The molecule has 1 aliphatic heterocycles. The van der Waals surface area contributed by atoms with Crippen molar-refractivity contribution in [1.29, 1.82) is 0 Å². The fourth-order valence-corrected chi connectivity index (χ4v) is 12.5. The van der Waals surface area contributed by atoms with Crippen LogP contribution in [-0.2, 0) is 37.9 Å². The zero-order chi connectivity index (χ0) is 49.6. The molecule has 0 amide bonds. The topological polar surface area (TPSA) is 201 Å².